The zero-order valence-electron chi connectivity index (χ0n) is 12.5. The van der Waals surface area contributed by atoms with Crippen LogP contribution >= 0.6 is 0 Å². The first-order chi connectivity index (χ1) is 10.1. The van der Waals surface area contributed by atoms with Gasteiger partial charge in [-0.15, -0.1) is 0 Å². The van der Waals surface area contributed by atoms with Gasteiger partial charge in [0, 0.05) is 18.5 Å². The van der Waals surface area contributed by atoms with Crippen molar-refractivity contribution < 1.29 is 19.0 Å². The van der Waals surface area contributed by atoms with Crippen LogP contribution in [-0.4, -0.2) is 38.9 Å². The van der Waals surface area contributed by atoms with Gasteiger partial charge >= 0.3 is 5.97 Å². The summed E-state index contributed by atoms with van der Waals surface area (Å²) in [7, 11) is 0. The maximum atomic E-state index is 12.2. The van der Waals surface area contributed by atoms with Crippen LogP contribution in [0.1, 0.15) is 19.4 Å². The lowest BCUT2D eigenvalue weighted by atomic mass is 9.74. The molecule has 2 atom stereocenters. The summed E-state index contributed by atoms with van der Waals surface area (Å²) < 4.78 is 16.4. The Morgan fingerprint density at radius 2 is 2.14 bits per heavy atom. The number of benzene rings is 1. The van der Waals surface area contributed by atoms with Gasteiger partial charge in [0.15, 0.2) is 11.5 Å². The molecule has 2 aliphatic heterocycles. The van der Waals surface area contributed by atoms with Crippen molar-refractivity contribution in [1.29, 1.82) is 0 Å². The van der Waals surface area contributed by atoms with Gasteiger partial charge in [-0.25, -0.2) is 0 Å². The Bertz CT molecular complexity index is 545. The average molecular weight is 291 g/mol. The van der Waals surface area contributed by atoms with Crippen molar-refractivity contribution in [3.8, 4) is 11.5 Å². The molecule has 0 amide bonds. The molecule has 1 fully saturated rings. The van der Waals surface area contributed by atoms with Crippen LogP contribution in [0, 0.1) is 5.92 Å². The van der Waals surface area contributed by atoms with Gasteiger partial charge in [0.05, 0.1) is 12.5 Å². The number of ether oxygens (including phenoxy) is 3. The minimum absolute atomic E-state index is 0.139. The molecule has 1 saturated heterocycles. The van der Waals surface area contributed by atoms with E-state index in [9.17, 15) is 4.79 Å². The van der Waals surface area contributed by atoms with Crippen LogP contribution in [-0.2, 0) is 14.9 Å². The lowest BCUT2D eigenvalue weighted by molar-refractivity contribution is -0.149. The predicted octanol–water partition coefficient (Wildman–Crippen LogP) is 1.50. The zero-order valence-corrected chi connectivity index (χ0v) is 12.5. The Morgan fingerprint density at radius 1 is 1.38 bits per heavy atom. The van der Waals surface area contributed by atoms with E-state index >= 15 is 0 Å². The number of hydrogen-bond acceptors (Lipinski definition) is 5. The Kier molecular flexibility index (Phi) is 3.76. The van der Waals surface area contributed by atoms with E-state index in [1.54, 1.807) is 0 Å². The van der Waals surface area contributed by atoms with Crippen LogP contribution in [0.5, 0.6) is 11.5 Å². The Labute approximate surface area is 124 Å². The molecule has 5 heteroatoms. The smallest absolute Gasteiger partial charge is 0.311 e. The third-order valence-corrected chi connectivity index (χ3v) is 4.38. The summed E-state index contributed by atoms with van der Waals surface area (Å²) in [4.78, 5) is 12.2. The summed E-state index contributed by atoms with van der Waals surface area (Å²) in [5, 5.41) is 3.31. The molecule has 0 saturated carbocycles. The van der Waals surface area contributed by atoms with Crippen LogP contribution in [0.4, 0.5) is 0 Å². The molecule has 2 aliphatic rings. The molecule has 21 heavy (non-hydrogen) atoms. The number of hydrogen-bond donors (Lipinski definition) is 1. The maximum Gasteiger partial charge on any atom is 0.311 e. The molecule has 1 aromatic rings. The predicted molar refractivity (Wildman–Crippen MR) is 77.8 cm³/mol. The summed E-state index contributed by atoms with van der Waals surface area (Å²) in [6.07, 6.45) is 0. The van der Waals surface area contributed by atoms with E-state index in [-0.39, 0.29) is 17.3 Å². The quantitative estimate of drug-likeness (QED) is 0.855. The SMILES string of the molecule is CCOC(=O)C1CNCC1(C)c1ccc2c(c1)OCCO2. The molecule has 1 aromatic carbocycles. The molecule has 2 heterocycles. The lowest BCUT2D eigenvalue weighted by Crippen LogP contribution is -2.37. The fourth-order valence-corrected chi connectivity index (χ4v) is 3.11. The molecule has 114 valence electrons. The van der Waals surface area contributed by atoms with Crippen molar-refractivity contribution in [3.05, 3.63) is 23.8 Å². The van der Waals surface area contributed by atoms with Crippen LogP contribution in [0.15, 0.2) is 18.2 Å². The standard InChI is InChI=1S/C16H21NO4/c1-3-19-15(18)12-9-17-10-16(12,2)11-4-5-13-14(8-11)21-7-6-20-13/h4-5,8,12,17H,3,6-7,9-10H2,1-2H3. The number of carbonyl (C=O) groups is 1. The lowest BCUT2D eigenvalue weighted by Gasteiger charge is -2.31. The maximum absolute atomic E-state index is 12.2. The third kappa shape index (κ3) is 2.46. The van der Waals surface area contributed by atoms with Crippen molar-refractivity contribution in [3.63, 3.8) is 0 Å². The van der Waals surface area contributed by atoms with E-state index in [0.717, 1.165) is 23.6 Å². The molecule has 2 unspecified atom stereocenters. The fourth-order valence-electron chi connectivity index (χ4n) is 3.11. The van der Waals surface area contributed by atoms with Crippen molar-refractivity contribution in [2.45, 2.75) is 19.3 Å². The van der Waals surface area contributed by atoms with E-state index < -0.39 is 0 Å². The molecule has 5 nitrogen and oxygen atoms in total. The van der Waals surface area contributed by atoms with Gasteiger partial charge in [-0.2, -0.15) is 0 Å². The van der Waals surface area contributed by atoms with Crippen molar-refractivity contribution >= 4 is 5.97 Å². The minimum Gasteiger partial charge on any atom is -0.486 e. The number of fused-ring (bicyclic) bond motifs is 1. The summed E-state index contributed by atoms with van der Waals surface area (Å²) >= 11 is 0. The van der Waals surface area contributed by atoms with Gasteiger partial charge in [-0.05, 0) is 24.6 Å². The Hall–Kier alpha value is -1.75. The molecular weight excluding hydrogens is 270 g/mol. The van der Waals surface area contributed by atoms with E-state index in [0.29, 0.717) is 26.4 Å². The molecule has 0 bridgehead atoms. The van der Waals surface area contributed by atoms with Gasteiger partial charge in [0.25, 0.3) is 0 Å². The van der Waals surface area contributed by atoms with Crippen LogP contribution in [0.2, 0.25) is 0 Å². The minimum atomic E-state index is -0.290. The van der Waals surface area contributed by atoms with Gasteiger partial charge < -0.3 is 19.5 Å². The second-order valence-electron chi connectivity index (χ2n) is 5.71. The first kappa shape index (κ1) is 14.2. The fraction of sp³-hybridized carbons (Fsp3) is 0.562. The van der Waals surface area contributed by atoms with Crippen LogP contribution in [0.25, 0.3) is 0 Å². The van der Waals surface area contributed by atoms with Crippen LogP contribution in [0.3, 0.4) is 0 Å². The second-order valence-corrected chi connectivity index (χ2v) is 5.71. The van der Waals surface area contributed by atoms with E-state index in [1.165, 1.54) is 0 Å². The van der Waals surface area contributed by atoms with Crippen molar-refractivity contribution in [2.75, 3.05) is 32.9 Å². The highest BCUT2D eigenvalue weighted by atomic mass is 16.6. The average Bonchev–Trinajstić information content (AvgIpc) is 2.90. The first-order valence-electron chi connectivity index (χ1n) is 7.42. The van der Waals surface area contributed by atoms with Crippen molar-refractivity contribution in [2.24, 2.45) is 5.92 Å². The molecule has 0 spiro atoms. The molecule has 0 aliphatic carbocycles. The van der Waals surface area contributed by atoms with Gasteiger partial charge in [-0.1, -0.05) is 13.0 Å². The number of esters is 1. The second kappa shape index (κ2) is 5.56. The summed E-state index contributed by atoms with van der Waals surface area (Å²) in [5.41, 5.74) is 0.789. The van der Waals surface area contributed by atoms with Gasteiger partial charge in [0.2, 0.25) is 0 Å². The monoisotopic (exact) mass is 291 g/mol. The summed E-state index contributed by atoms with van der Waals surface area (Å²) in [5.74, 6) is 1.21. The number of rotatable bonds is 3. The van der Waals surface area contributed by atoms with Crippen molar-refractivity contribution in [1.82, 2.24) is 5.32 Å². The van der Waals surface area contributed by atoms with Crippen LogP contribution < -0.4 is 14.8 Å². The molecule has 1 N–H and O–H groups in total. The van der Waals surface area contributed by atoms with E-state index in [4.69, 9.17) is 14.2 Å². The largest absolute Gasteiger partial charge is 0.486 e. The number of carbonyl (C=O) groups excluding carboxylic acids is 1. The normalized spacial score (nSPS) is 27.4. The first-order valence-corrected chi connectivity index (χ1v) is 7.42. The summed E-state index contributed by atoms with van der Waals surface area (Å²) in [6, 6.07) is 5.94. The molecular formula is C16H21NO4. The highest BCUT2D eigenvalue weighted by Gasteiger charge is 2.45. The zero-order chi connectivity index (χ0) is 14.9. The molecule has 3 rings (SSSR count). The Balaban J connectivity index is 1.91. The summed E-state index contributed by atoms with van der Waals surface area (Å²) in [6.45, 7) is 6.87. The topological polar surface area (TPSA) is 56.8 Å². The highest BCUT2D eigenvalue weighted by molar-refractivity contribution is 5.76. The molecule has 0 radical (unpaired) electrons. The Morgan fingerprint density at radius 3 is 2.90 bits per heavy atom. The van der Waals surface area contributed by atoms with E-state index in [2.05, 4.69) is 12.2 Å². The highest BCUT2D eigenvalue weighted by Crippen LogP contribution is 2.40. The van der Waals surface area contributed by atoms with E-state index in [1.807, 2.05) is 25.1 Å². The number of nitrogens with one attached hydrogen (secondary N) is 1. The molecule has 0 aromatic heterocycles. The van der Waals surface area contributed by atoms with Gasteiger partial charge in [0.1, 0.15) is 13.2 Å². The van der Waals surface area contributed by atoms with Gasteiger partial charge in [-0.3, -0.25) is 4.79 Å². The third-order valence-electron chi connectivity index (χ3n) is 4.38.